The molecule has 0 aliphatic carbocycles. The molecule has 0 spiro atoms. The average Bonchev–Trinajstić information content (AvgIpc) is 1.91. The zero-order chi connectivity index (χ0) is 6.53. The summed E-state index contributed by atoms with van der Waals surface area (Å²) in [4.78, 5) is 8.49. The second-order valence-electron chi connectivity index (χ2n) is 1.79. The average molecular weight is 139 g/mol. The Hall–Kier alpha value is -0.390. The quantitative estimate of drug-likeness (QED) is 0.621. The summed E-state index contributed by atoms with van der Waals surface area (Å²) < 4.78 is 0. The Morgan fingerprint density at radius 3 is 2.44 bits per heavy atom. The fourth-order valence-corrected chi connectivity index (χ4v) is 1.04. The largest absolute Gasteiger partial charge is 0.367 e. The van der Waals surface area contributed by atoms with Gasteiger partial charge in [-0.3, -0.25) is 0 Å². The smallest absolute Gasteiger partial charge is 0.0818 e. The minimum absolute atomic E-state index is 0.445. The lowest BCUT2D eigenvalue weighted by atomic mass is 10.2. The SMILES string of the molecule is O[P]Cc1ccccc1. The summed E-state index contributed by atoms with van der Waals surface area (Å²) in [6.07, 6.45) is 0.737. The fourth-order valence-electron chi connectivity index (χ4n) is 0.665. The van der Waals surface area contributed by atoms with Crippen molar-refractivity contribution in [2.75, 3.05) is 0 Å². The van der Waals surface area contributed by atoms with E-state index in [4.69, 9.17) is 4.89 Å². The number of hydrogen-bond donors (Lipinski definition) is 1. The van der Waals surface area contributed by atoms with E-state index in [2.05, 4.69) is 0 Å². The van der Waals surface area contributed by atoms with Crippen molar-refractivity contribution in [2.45, 2.75) is 6.16 Å². The Morgan fingerprint density at radius 2 is 1.89 bits per heavy atom. The van der Waals surface area contributed by atoms with Crippen LogP contribution in [0.5, 0.6) is 0 Å². The molecular formula is C7H8OP. The van der Waals surface area contributed by atoms with Gasteiger partial charge in [0, 0.05) is 6.16 Å². The Labute approximate surface area is 56.6 Å². The molecule has 0 bridgehead atoms. The second-order valence-corrected chi connectivity index (χ2v) is 2.38. The summed E-state index contributed by atoms with van der Waals surface area (Å²) in [6.45, 7) is 0. The molecule has 9 heavy (non-hydrogen) atoms. The van der Waals surface area contributed by atoms with E-state index >= 15 is 0 Å². The lowest BCUT2D eigenvalue weighted by Gasteiger charge is -1.92. The van der Waals surface area contributed by atoms with Crippen LogP contribution in [0, 0.1) is 0 Å². The van der Waals surface area contributed by atoms with Crippen LogP contribution in [0.1, 0.15) is 5.56 Å². The molecule has 1 aromatic rings. The molecule has 0 fully saturated rings. The highest BCUT2D eigenvalue weighted by Gasteiger charge is 1.86. The molecule has 0 saturated heterocycles. The molecule has 1 rings (SSSR count). The van der Waals surface area contributed by atoms with E-state index in [1.54, 1.807) is 0 Å². The molecule has 2 heteroatoms. The van der Waals surface area contributed by atoms with Crippen molar-refractivity contribution < 1.29 is 4.89 Å². The first-order valence-electron chi connectivity index (χ1n) is 2.78. The zero-order valence-corrected chi connectivity index (χ0v) is 5.88. The maximum Gasteiger partial charge on any atom is 0.0818 e. The van der Waals surface area contributed by atoms with E-state index in [-0.39, 0.29) is 0 Å². The van der Waals surface area contributed by atoms with Gasteiger partial charge in [0.1, 0.15) is 0 Å². The maximum absolute atomic E-state index is 8.49. The predicted molar refractivity (Wildman–Crippen MR) is 39.3 cm³/mol. The molecule has 1 N–H and O–H groups in total. The van der Waals surface area contributed by atoms with Crippen LogP contribution >= 0.6 is 8.81 Å². The number of rotatable bonds is 2. The molecule has 0 amide bonds. The fraction of sp³-hybridized carbons (Fsp3) is 0.143. The van der Waals surface area contributed by atoms with Crippen molar-refractivity contribution in [2.24, 2.45) is 0 Å². The Kier molecular flexibility index (Phi) is 2.69. The highest BCUT2D eigenvalue weighted by molar-refractivity contribution is 7.30. The van der Waals surface area contributed by atoms with E-state index in [0.29, 0.717) is 8.81 Å². The predicted octanol–water partition coefficient (Wildman–Crippen LogP) is 2.04. The van der Waals surface area contributed by atoms with E-state index in [1.165, 1.54) is 5.56 Å². The first kappa shape index (κ1) is 6.73. The molecule has 1 radical (unpaired) electrons. The Balaban J connectivity index is 2.61. The molecule has 0 aliphatic rings. The van der Waals surface area contributed by atoms with Gasteiger partial charge in [0.2, 0.25) is 0 Å². The summed E-state index contributed by atoms with van der Waals surface area (Å²) >= 11 is 0. The lowest BCUT2D eigenvalue weighted by molar-refractivity contribution is 0.644. The minimum Gasteiger partial charge on any atom is -0.367 e. The van der Waals surface area contributed by atoms with Gasteiger partial charge >= 0.3 is 0 Å². The van der Waals surface area contributed by atoms with Crippen LogP contribution in [-0.4, -0.2) is 4.89 Å². The minimum atomic E-state index is 0.445. The van der Waals surface area contributed by atoms with Gasteiger partial charge in [0.15, 0.2) is 0 Å². The summed E-state index contributed by atoms with van der Waals surface area (Å²) in [5, 5.41) is 0. The van der Waals surface area contributed by atoms with E-state index in [0.717, 1.165) is 6.16 Å². The summed E-state index contributed by atoms with van der Waals surface area (Å²) in [7, 11) is 0.445. The van der Waals surface area contributed by atoms with Crippen LogP contribution in [0.3, 0.4) is 0 Å². The van der Waals surface area contributed by atoms with Gasteiger partial charge in [0.05, 0.1) is 8.81 Å². The lowest BCUT2D eigenvalue weighted by Crippen LogP contribution is -1.73. The first-order valence-corrected chi connectivity index (χ1v) is 3.81. The van der Waals surface area contributed by atoms with Crippen molar-refractivity contribution in [3.05, 3.63) is 35.9 Å². The van der Waals surface area contributed by atoms with E-state index in [9.17, 15) is 0 Å². The van der Waals surface area contributed by atoms with E-state index in [1.807, 2.05) is 30.3 Å². The molecule has 1 aromatic carbocycles. The molecule has 0 aromatic heterocycles. The normalized spacial score (nSPS) is 10.8. The van der Waals surface area contributed by atoms with Crippen molar-refractivity contribution in [3.63, 3.8) is 0 Å². The van der Waals surface area contributed by atoms with Crippen molar-refractivity contribution >= 4 is 8.81 Å². The van der Waals surface area contributed by atoms with Gasteiger partial charge in [0.25, 0.3) is 0 Å². The van der Waals surface area contributed by atoms with Crippen LogP contribution in [0.15, 0.2) is 30.3 Å². The van der Waals surface area contributed by atoms with E-state index < -0.39 is 0 Å². The number of benzene rings is 1. The topological polar surface area (TPSA) is 20.2 Å². The van der Waals surface area contributed by atoms with Gasteiger partial charge in [-0.05, 0) is 5.56 Å². The van der Waals surface area contributed by atoms with Crippen molar-refractivity contribution in [1.29, 1.82) is 0 Å². The van der Waals surface area contributed by atoms with Crippen LogP contribution in [0.4, 0.5) is 0 Å². The van der Waals surface area contributed by atoms with Crippen molar-refractivity contribution in [3.8, 4) is 0 Å². The van der Waals surface area contributed by atoms with Gasteiger partial charge in [-0.1, -0.05) is 30.3 Å². The standard InChI is InChI=1S/C7H8OP/c8-9-6-7-4-2-1-3-5-7/h1-5,8H,6H2. The van der Waals surface area contributed by atoms with Crippen LogP contribution < -0.4 is 0 Å². The molecule has 0 heterocycles. The van der Waals surface area contributed by atoms with Gasteiger partial charge in [-0.15, -0.1) is 0 Å². The molecule has 0 unspecified atom stereocenters. The third-order valence-corrected chi connectivity index (χ3v) is 1.60. The first-order chi connectivity index (χ1) is 4.43. The molecule has 47 valence electrons. The Bertz CT molecular complexity index is 162. The highest BCUT2D eigenvalue weighted by Crippen LogP contribution is 2.11. The van der Waals surface area contributed by atoms with Gasteiger partial charge in [-0.2, -0.15) is 0 Å². The molecular weight excluding hydrogens is 131 g/mol. The van der Waals surface area contributed by atoms with Crippen LogP contribution in [0.25, 0.3) is 0 Å². The molecule has 1 nitrogen and oxygen atoms in total. The monoisotopic (exact) mass is 139 g/mol. The maximum atomic E-state index is 8.49. The second kappa shape index (κ2) is 3.60. The molecule has 0 aliphatic heterocycles. The van der Waals surface area contributed by atoms with Gasteiger partial charge in [-0.25, -0.2) is 0 Å². The van der Waals surface area contributed by atoms with Crippen LogP contribution in [-0.2, 0) is 6.16 Å². The zero-order valence-electron chi connectivity index (χ0n) is 4.99. The summed E-state index contributed by atoms with van der Waals surface area (Å²) in [5.74, 6) is 0. The summed E-state index contributed by atoms with van der Waals surface area (Å²) in [6, 6.07) is 9.92. The van der Waals surface area contributed by atoms with Gasteiger partial charge < -0.3 is 4.89 Å². The summed E-state index contributed by atoms with van der Waals surface area (Å²) in [5.41, 5.74) is 1.18. The third-order valence-electron chi connectivity index (χ3n) is 1.10. The molecule has 0 atom stereocenters. The highest BCUT2D eigenvalue weighted by atomic mass is 31.1. The van der Waals surface area contributed by atoms with Crippen molar-refractivity contribution in [1.82, 2.24) is 0 Å². The third kappa shape index (κ3) is 2.13. The number of hydrogen-bond acceptors (Lipinski definition) is 1. The van der Waals surface area contributed by atoms with Crippen LogP contribution in [0.2, 0.25) is 0 Å². The Morgan fingerprint density at radius 1 is 1.22 bits per heavy atom. The molecule has 0 saturated carbocycles.